The number of aromatic amines is 1. The molecule has 13 heteroatoms. The number of piperazine rings is 1. The van der Waals surface area contributed by atoms with Crippen LogP contribution in [0.5, 0.6) is 0 Å². The van der Waals surface area contributed by atoms with Gasteiger partial charge in [-0.2, -0.15) is 9.40 Å². The zero-order chi connectivity index (χ0) is 28.1. The molecule has 0 unspecified atom stereocenters. The third-order valence-corrected chi connectivity index (χ3v) is 9.42. The van der Waals surface area contributed by atoms with Gasteiger partial charge in [0.1, 0.15) is 5.82 Å². The van der Waals surface area contributed by atoms with Gasteiger partial charge in [-0.3, -0.25) is 14.7 Å². The summed E-state index contributed by atoms with van der Waals surface area (Å²) >= 11 is 0. The summed E-state index contributed by atoms with van der Waals surface area (Å²) in [5.41, 5.74) is 6.51. The molecule has 2 aliphatic heterocycles. The van der Waals surface area contributed by atoms with E-state index in [1.807, 2.05) is 7.05 Å². The Hall–Kier alpha value is -3.81. The summed E-state index contributed by atoms with van der Waals surface area (Å²) in [5.74, 6) is -1.87. The molecule has 11 nitrogen and oxygen atoms in total. The number of amides is 2. The molecule has 2 amide bonds. The number of primary amides is 1. The Bertz CT molecular complexity index is 1560. The normalized spacial score (nSPS) is 17.7. The number of carbonyl (C=O) groups excluding carboxylic acids is 2. The van der Waals surface area contributed by atoms with Crippen molar-refractivity contribution in [2.24, 2.45) is 5.73 Å². The average Bonchev–Trinajstić information content (AvgIpc) is 3.42. The lowest BCUT2D eigenvalue weighted by atomic mass is 10.0. The fourth-order valence-electron chi connectivity index (χ4n) is 5.10. The van der Waals surface area contributed by atoms with Crippen molar-refractivity contribution < 1.29 is 22.4 Å². The van der Waals surface area contributed by atoms with Gasteiger partial charge in [0.05, 0.1) is 27.3 Å². The van der Waals surface area contributed by atoms with E-state index >= 15 is 0 Å². The van der Waals surface area contributed by atoms with Crippen molar-refractivity contribution in [3.05, 3.63) is 70.7 Å². The maximum atomic E-state index is 13.8. The number of fused-ring (bicyclic) bond motifs is 1. The van der Waals surface area contributed by atoms with Crippen molar-refractivity contribution >= 4 is 33.3 Å². The molecule has 1 saturated heterocycles. The number of nitrogens with one attached hydrogen (secondary N) is 2. The van der Waals surface area contributed by atoms with Crippen LogP contribution < -0.4 is 16.0 Å². The minimum atomic E-state index is -4.08. The maximum absolute atomic E-state index is 13.8. The molecule has 0 aliphatic carbocycles. The fraction of sp³-hybridized carbons (Fsp3) is 0.346. The van der Waals surface area contributed by atoms with E-state index in [0.717, 1.165) is 37.9 Å². The summed E-state index contributed by atoms with van der Waals surface area (Å²) in [6.07, 6.45) is 0. The van der Waals surface area contributed by atoms with E-state index in [4.69, 9.17) is 5.73 Å². The van der Waals surface area contributed by atoms with Crippen LogP contribution >= 0.6 is 0 Å². The van der Waals surface area contributed by atoms with Gasteiger partial charge < -0.3 is 20.9 Å². The molecular weight excluding hydrogens is 525 g/mol. The first-order valence-corrected chi connectivity index (χ1v) is 13.9. The number of hydrogen-bond acceptors (Lipinski definition) is 7. The minimum Gasteiger partial charge on any atom is -0.369 e. The summed E-state index contributed by atoms with van der Waals surface area (Å²) in [6.45, 7) is 6.61. The van der Waals surface area contributed by atoms with Gasteiger partial charge in [-0.1, -0.05) is 6.07 Å². The summed E-state index contributed by atoms with van der Waals surface area (Å²) in [5, 5.41) is 9.76. The molecule has 0 bridgehead atoms. The number of rotatable bonds is 6. The van der Waals surface area contributed by atoms with Crippen molar-refractivity contribution in [1.29, 1.82) is 0 Å². The van der Waals surface area contributed by atoms with Gasteiger partial charge in [0.25, 0.3) is 5.91 Å². The lowest BCUT2D eigenvalue weighted by Crippen LogP contribution is -2.44. The molecule has 0 radical (unpaired) electrons. The number of nitrogens with zero attached hydrogens (tertiary/aromatic N) is 4. The van der Waals surface area contributed by atoms with Gasteiger partial charge in [0, 0.05) is 44.0 Å². The molecule has 2 aromatic carbocycles. The van der Waals surface area contributed by atoms with Crippen LogP contribution in [0.15, 0.2) is 47.4 Å². The second kappa shape index (κ2) is 9.74. The lowest BCUT2D eigenvalue weighted by Gasteiger charge is -2.34. The van der Waals surface area contributed by atoms with Crippen molar-refractivity contribution in [2.75, 3.05) is 43.4 Å². The second-order valence-electron chi connectivity index (χ2n) is 10.3. The van der Waals surface area contributed by atoms with E-state index < -0.39 is 33.2 Å². The van der Waals surface area contributed by atoms with E-state index in [0.29, 0.717) is 11.3 Å². The Kier molecular flexibility index (Phi) is 6.69. The average molecular weight is 556 g/mol. The van der Waals surface area contributed by atoms with Gasteiger partial charge >= 0.3 is 0 Å². The van der Waals surface area contributed by atoms with Crippen LogP contribution in [0.25, 0.3) is 0 Å². The van der Waals surface area contributed by atoms with Gasteiger partial charge in [0.2, 0.25) is 15.9 Å². The van der Waals surface area contributed by atoms with Crippen molar-refractivity contribution in [2.45, 2.75) is 30.8 Å². The fourth-order valence-corrected chi connectivity index (χ4v) is 6.86. The predicted molar refractivity (Wildman–Crippen MR) is 143 cm³/mol. The Labute approximate surface area is 225 Å². The zero-order valence-electron chi connectivity index (χ0n) is 21.9. The second-order valence-corrected chi connectivity index (χ2v) is 12.2. The Morgan fingerprint density at radius 3 is 2.46 bits per heavy atom. The predicted octanol–water partition coefficient (Wildman–Crippen LogP) is 2.09. The topological polar surface area (TPSA) is 145 Å². The highest BCUT2D eigenvalue weighted by Crippen LogP contribution is 2.43. The Balaban J connectivity index is 1.41. The molecule has 3 heterocycles. The number of nitrogens with two attached hydrogens (primary N) is 1. The zero-order valence-corrected chi connectivity index (χ0v) is 22.7. The van der Waals surface area contributed by atoms with E-state index in [2.05, 4.69) is 25.3 Å². The van der Waals surface area contributed by atoms with Crippen LogP contribution in [0.4, 0.5) is 15.9 Å². The van der Waals surface area contributed by atoms with Crippen LogP contribution in [0, 0.1) is 5.82 Å². The molecule has 4 N–H and O–H groups in total. The van der Waals surface area contributed by atoms with Crippen molar-refractivity contribution in [1.82, 2.24) is 19.4 Å². The SMILES string of the molecule is CN1CCN(c2ccc(C(=O)Nc3n[nH]c4c3CN(S(=O)(=O)c3cccc(F)c3)C4(C)C)c(C(N)=O)c2)CC1. The molecule has 0 spiro atoms. The Morgan fingerprint density at radius 2 is 1.79 bits per heavy atom. The van der Waals surface area contributed by atoms with Crippen LogP contribution in [0.2, 0.25) is 0 Å². The van der Waals surface area contributed by atoms with Gasteiger partial charge in [-0.25, -0.2) is 12.8 Å². The van der Waals surface area contributed by atoms with E-state index in [1.54, 1.807) is 32.0 Å². The highest BCUT2D eigenvalue weighted by atomic mass is 32.2. The molecule has 2 aliphatic rings. The molecule has 206 valence electrons. The summed E-state index contributed by atoms with van der Waals surface area (Å²) in [6, 6.07) is 9.76. The van der Waals surface area contributed by atoms with Crippen LogP contribution in [0.3, 0.4) is 0 Å². The summed E-state index contributed by atoms with van der Waals surface area (Å²) in [4.78, 5) is 29.8. The number of likely N-dealkylation sites (N-methyl/N-ethyl adjacent to an activating group) is 1. The quantitative estimate of drug-likeness (QED) is 0.422. The molecule has 5 rings (SSSR count). The third kappa shape index (κ3) is 4.77. The highest BCUT2D eigenvalue weighted by molar-refractivity contribution is 7.89. The van der Waals surface area contributed by atoms with Crippen molar-refractivity contribution in [3.63, 3.8) is 0 Å². The number of halogens is 1. The number of hydrogen-bond donors (Lipinski definition) is 3. The van der Waals surface area contributed by atoms with E-state index in [-0.39, 0.29) is 28.4 Å². The van der Waals surface area contributed by atoms with E-state index in [9.17, 15) is 22.4 Å². The van der Waals surface area contributed by atoms with Gasteiger partial charge in [-0.15, -0.1) is 0 Å². The summed E-state index contributed by atoms with van der Waals surface area (Å²) < 4.78 is 41.8. The number of benzene rings is 2. The Morgan fingerprint density at radius 1 is 1.08 bits per heavy atom. The molecule has 39 heavy (non-hydrogen) atoms. The molecule has 1 aromatic heterocycles. The highest BCUT2D eigenvalue weighted by Gasteiger charge is 2.48. The van der Waals surface area contributed by atoms with Gasteiger partial charge in [0.15, 0.2) is 5.82 Å². The molecule has 0 saturated carbocycles. The number of carbonyl (C=O) groups is 2. The monoisotopic (exact) mass is 555 g/mol. The first-order chi connectivity index (χ1) is 18.4. The molecule has 3 aromatic rings. The van der Waals surface area contributed by atoms with Crippen molar-refractivity contribution in [3.8, 4) is 0 Å². The first-order valence-electron chi connectivity index (χ1n) is 12.4. The largest absolute Gasteiger partial charge is 0.369 e. The maximum Gasteiger partial charge on any atom is 0.257 e. The number of sulfonamides is 1. The number of anilines is 2. The van der Waals surface area contributed by atoms with Gasteiger partial charge in [-0.05, 0) is 57.3 Å². The van der Waals surface area contributed by atoms with E-state index in [1.165, 1.54) is 22.5 Å². The molecule has 1 fully saturated rings. The third-order valence-electron chi connectivity index (χ3n) is 7.40. The van der Waals surface area contributed by atoms with Crippen LogP contribution in [-0.4, -0.2) is 72.9 Å². The standard InChI is InChI=1S/C26H30FN7O4S/c1-26(2)22-21(15-34(26)39(37,38)18-6-4-5-16(27)13-18)24(31-30-22)29-25(36)19-8-7-17(14-20(19)23(28)35)33-11-9-32(3)10-12-33/h4-8,13-14H,9-12,15H2,1-3H3,(H2,28,35)(H2,29,30,31,36). The smallest absolute Gasteiger partial charge is 0.257 e. The number of aromatic nitrogens is 2. The minimum absolute atomic E-state index is 0.0757. The first kappa shape index (κ1) is 26.8. The van der Waals surface area contributed by atoms with Crippen LogP contribution in [-0.2, 0) is 22.1 Å². The molecule has 0 atom stereocenters. The summed E-state index contributed by atoms with van der Waals surface area (Å²) in [7, 11) is -2.03. The number of H-pyrrole nitrogens is 1. The van der Waals surface area contributed by atoms with Crippen LogP contribution in [0.1, 0.15) is 45.8 Å². The molecular formula is C26H30FN7O4S. The lowest BCUT2D eigenvalue weighted by molar-refractivity contribution is 0.0977.